The number of halogens is 2. The number of hydrogen-bond acceptors (Lipinski definition) is 4. The van der Waals surface area contributed by atoms with E-state index in [2.05, 4.69) is 10.3 Å². The molecule has 0 atom stereocenters. The molecule has 0 fully saturated rings. The van der Waals surface area contributed by atoms with Gasteiger partial charge in [0.25, 0.3) is 5.91 Å². The number of carbonyl (C=O) groups is 2. The molecule has 7 heteroatoms. The molecule has 1 heterocycles. The van der Waals surface area contributed by atoms with E-state index in [4.69, 9.17) is 16.3 Å². The molecular weight excluding hydrogens is 371 g/mol. The monoisotopic (exact) mass is 386 g/mol. The number of carbonyl (C=O) groups excluding carboxylic acids is 2. The highest BCUT2D eigenvalue weighted by Crippen LogP contribution is 2.27. The van der Waals surface area contributed by atoms with Crippen LogP contribution in [-0.2, 0) is 16.1 Å². The quantitative estimate of drug-likeness (QED) is 0.677. The molecule has 0 unspecified atom stereocenters. The van der Waals surface area contributed by atoms with Gasteiger partial charge in [-0.1, -0.05) is 41.9 Å². The molecule has 27 heavy (non-hydrogen) atoms. The molecule has 1 N–H and O–H groups in total. The summed E-state index contributed by atoms with van der Waals surface area (Å²) in [5, 5.41) is 3.68. The zero-order valence-corrected chi connectivity index (χ0v) is 15.2. The first kappa shape index (κ1) is 18.8. The van der Waals surface area contributed by atoms with Crippen LogP contribution in [0.3, 0.4) is 0 Å². The maximum absolute atomic E-state index is 13.5. The van der Waals surface area contributed by atoms with Gasteiger partial charge in [0, 0.05) is 5.39 Å². The zero-order chi connectivity index (χ0) is 19.4. The molecule has 0 radical (unpaired) electrons. The Hall–Kier alpha value is -2.99. The van der Waals surface area contributed by atoms with E-state index >= 15 is 0 Å². The molecule has 1 aromatic heterocycles. The Morgan fingerprint density at radius 3 is 2.63 bits per heavy atom. The summed E-state index contributed by atoms with van der Waals surface area (Å²) in [5.74, 6) is -2.03. The molecule has 5 nitrogen and oxygen atoms in total. The third kappa shape index (κ3) is 4.23. The number of hydrogen-bond donors (Lipinski definition) is 1. The predicted octanol–water partition coefficient (Wildman–Crippen LogP) is 3.81. The van der Waals surface area contributed by atoms with Crippen LogP contribution in [0.4, 0.5) is 4.39 Å². The maximum atomic E-state index is 13.5. The summed E-state index contributed by atoms with van der Waals surface area (Å²) in [5.41, 5.74) is 1.89. The van der Waals surface area contributed by atoms with Gasteiger partial charge in [-0.15, -0.1) is 0 Å². The predicted molar refractivity (Wildman–Crippen MR) is 100 cm³/mol. The van der Waals surface area contributed by atoms with Crippen molar-refractivity contribution in [1.29, 1.82) is 0 Å². The minimum atomic E-state index is -0.692. The minimum Gasteiger partial charge on any atom is -0.458 e. The average Bonchev–Trinajstić information content (AvgIpc) is 2.68. The first-order valence-electron chi connectivity index (χ1n) is 8.19. The van der Waals surface area contributed by atoms with E-state index < -0.39 is 24.2 Å². The summed E-state index contributed by atoms with van der Waals surface area (Å²) in [6, 6.07) is 13.0. The SMILES string of the molecule is Cc1c(Cl)c(COC(=O)CNC(=O)c2ccccc2F)nc2ccccc12. The molecule has 0 saturated heterocycles. The Morgan fingerprint density at radius 1 is 1.15 bits per heavy atom. The minimum absolute atomic E-state index is 0.126. The Labute approximate surface area is 160 Å². The molecule has 0 saturated carbocycles. The van der Waals surface area contributed by atoms with Crippen molar-refractivity contribution in [3.8, 4) is 0 Å². The van der Waals surface area contributed by atoms with Crippen molar-refractivity contribution < 1.29 is 18.7 Å². The number of benzene rings is 2. The van der Waals surface area contributed by atoms with Gasteiger partial charge >= 0.3 is 5.97 Å². The van der Waals surface area contributed by atoms with Crippen LogP contribution < -0.4 is 5.32 Å². The van der Waals surface area contributed by atoms with Crippen LogP contribution in [0, 0.1) is 12.7 Å². The van der Waals surface area contributed by atoms with Gasteiger partial charge in [0.1, 0.15) is 19.0 Å². The molecule has 0 aliphatic heterocycles. The number of para-hydroxylation sites is 1. The van der Waals surface area contributed by atoms with Crippen molar-refractivity contribution >= 4 is 34.4 Å². The van der Waals surface area contributed by atoms with Gasteiger partial charge in [0.15, 0.2) is 0 Å². The summed E-state index contributed by atoms with van der Waals surface area (Å²) in [6.45, 7) is 1.35. The molecule has 138 valence electrons. The van der Waals surface area contributed by atoms with Gasteiger partial charge < -0.3 is 10.1 Å². The van der Waals surface area contributed by atoms with Crippen molar-refractivity contribution in [1.82, 2.24) is 10.3 Å². The van der Waals surface area contributed by atoms with Gasteiger partial charge in [-0.2, -0.15) is 0 Å². The van der Waals surface area contributed by atoms with E-state index in [1.807, 2.05) is 31.2 Å². The lowest BCUT2D eigenvalue weighted by Crippen LogP contribution is -2.31. The molecule has 3 aromatic rings. The molecule has 2 aromatic carbocycles. The number of amides is 1. The Bertz CT molecular complexity index is 1020. The van der Waals surface area contributed by atoms with Crippen LogP contribution in [-0.4, -0.2) is 23.4 Å². The topological polar surface area (TPSA) is 68.3 Å². The Morgan fingerprint density at radius 2 is 1.85 bits per heavy atom. The Kier molecular flexibility index (Phi) is 5.66. The van der Waals surface area contributed by atoms with Crippen LogP contribution in [0.25, 0.3) is 10.9 Å². The summed E-state index contributed by atoms with van der Waals surface area (Å²) in [4.78, 5) is 28.2. The van der Waals surface area contributed by atoms with Crippen molar-refractivity contribution in [2.24, 2.45) is 0 Å². The number of aryl methyl sites for hydroxylation is 1. The standard InChI is InChI=1S/C20H16ClFN2O3/c1-12-13-6-3-5-9-16(13)24-17(19(12)21)11-27-18(25)10-23-20(26)14-7-2-4-8-15(14)22/h2-9H,10-11H2,1H3,(H,23,26). The van der Waals surface area contributed by atoms with E-state index in [1.165, 1.54) is 24.3 Å². The summed E-state index contributed by atoms with van der Waals surface area (Å²) >= 11 is 6.32. The lowest BCUT2D eigenvalue weighted by molar-refractivity contribution is -0.143. The molecule has 1 amide bonds. The normalized spacial score (nSPS) is 10.6. The molecule has 0 aliphatic rings. The second-order valence-electron chi connectivity index (χ2n) is 5.84. The third-order valence-corrected chi connectivity index (χ3v) is 4.53. The number of aromatic nitrogens is 1. The van der Waals surface area contributed by atoms with Gasteiger partial charge in [-0.25, -0.2) is 9.37 Å². The zero-order valence-electron chi connectivity index (χ0n) is 14.5. The maximum Gasteiger partial charge on any atom is 0.325 e. The Balaban J connectivity index is 1.61. The second kappa shape index (κ2) is 8.14. The highest BCUT2D eigenvalue weighted by atomic mass is 35.5. The van der Waals surface area contributed by atoms with Crippen molar-refractivity contribution in [3.63, 3.8) is 0 Å². The molecule has 3 rings (SSSR count). The number of pyridine rings is 1. The van der Waals surface area contributed by atoms with Crippen LogP contribution in [0.5, 0.6) is 0 Å². The van der Waals surface area contributed by atoms with Crippen LogP contribution in [0.15, 0.2) is 48.5 Å². The molecular formula is C20H16ClFN2O3. The van der Waals surface area contributed by atoms with Gasteiger partial charge in [-0.3, -0.25) is 9.59 Å². The average molecular weight is 387 g/mol. The molecule has 0 aliphatic carbocycles. The van der Waals surface area contributed by atoms with Gasteiger partial charge in [-0.05, 0) is 30.7 Å². The highest BCUT2D eigenvalue weighted by Gasteiger charge is 2.15. The van der Waals surface area contributed by atoms with Crippen molar-refractivity contribution in [2.75, 3.05) is 6.54 Å². The number of nitrogens with zero attached hydrogens (tertiary/aromatic N) is 1. The molecule has 0 spiro atoms. The van der Waals surface area contributed by atoms with E-state index in [9.17, 15) is 14.0 Å². The first-order chi connectivity index (χ1) is 13.0. The number of nitrogens with one attached hydrogen (secondary N) is 1. The number of esters is 1. The van der Waals surface area contributed by atoms with Gasteiger partial charge in [0.05, 0.1) is 21.8 Å². The van der Waals surface area contributed by atoms with E-state index in [1.54, 1.807) is 0 Å². The fourth-order valence-corrected chi connectivity index (χ4v) is 2.80. The largest absolute Gasteiger partial charge is 0.458 e. The van der Waals surface area contributed by atoms with Crippen LogP contribution in [0.2, 0.25) is 5.02 Å². The fraction of sp³-hybridized carbons (Fsp3) is 0.150. The first-order valence-corrected chi connectivity index (χ1v) is 8.57. The highest BCUT2D eigenvalue weighted by molar-refractivity contribution is 6.32. The summed E-state index contributed by atoms with van der Waals surface area (Å²) < 4.78 is 18.7. The molecule has 0 bridgehead atoms. The lowest BCUT2D eigenvalue weighted by Gasteiger charge is -2.11. The van der Waals surface area contributed by atoms with Gasteiger partial charge in [0.2, 0.25) is 0 Å². The lowest BCUT2D eigenvalue weighted by atomic mass is 10.1. The fourth-order valence-electron chi connectivity index (χ4n) is 2.61. The van der Waals surface area contributed by atoms with Crippen molar-refractivity contribution in [2.45, 2.75) is 13.5 Å². The number of fused-ring (bicyclic) bond motifs is 1. The smallest absolute Gasteiger partial charge is 0.325 e. The van der Waals surface area contributed by atoms with Crippen LogP contribution in [0.1, 0.15) is 21.6 Å². The second-order valence-corrected chi connectivity index (χ2v) is 6.22. The number of rotatable bonds is 5. The van der Waals surface area contributed by atoms with E-state index in [-0.39, 0.29) is 12.2 Å². The van der Waals surface area contributed by atoms with Crippen LogP contribution >= 0.6 is 11.6 Å². The summed E-state index contributed by atoms with van der Waals surface area (Å²) in [6.07, 6.45) is 0. The van der Waals surface area contributed by atoms with E-state index in [0.29, 0.717) is 10.7 Å². The van der Waals surface area contributed by atoms with E-state index in [0.717, 1.165) is 16.5 Å². The third-order valence-electron chi connectivity index (χ3n) is 4.03. The number of ether oxygens (including phenoxy) is 1. The summed E-state index contributed by atoms with van der Waals surface area (Å²) in [7, 11) is 0. The van der Waals surface area contributed by atoms with Crippen molar-refractivity contribution in [3.05, 3.63) is 76.2 Å².